The fourth-order valence-corrected chi connectivity index (χ4v) is 1.76. The average molecular weight is 190 g/mol. The Bertz CT molecular complexity index is 309. The molecular formula is C12H18N2. The van der Waals surface area contributed by atoms with Crippen molar-refractivity contribution in [3.63, 3.8) is 0 Å². The Morgan fingerprint density at radius 2 is 2.29 bits per heavy atom. The topological polar surface area (TPSA) is 38.0 Å². The largest absolute Gasteiger partial charge is 0.399 e. The third-order valence-corrected chi connectivity index (χ3v) is 2.88. The van der Waals surface area contributed by atoms with Gasteiger partial charge in [-0.3, -0.25) is 0 Å². The van der Waals surface area contributed by atoms with Crippen LogP contribution in [-0.2, 0) is 6.42 Å². The van der Waals surface area contributed by atoms with Crippen LogP contribution in [0.2, 0.25) is 0 Å². The van der Waals surface area contributed by atoms with Crippen LogP contribution in [0.25, 0.3) is 0 Å². The second-order valence-corrected chi connectivity index (χ2v) is 4.27. The summed E-state index contributed by atoms with van der Waals surface area (Å²) in [4.78, 5) is 0. The fraction of sp³-hybridized carbons (Fsp3) is 0.500. The third kappa shape index (κ3) is 2.48. The highest BCUT2D eigenvalue weighted by Gasteiger charge is 2.31. The lowest BCUT2D eigenvalue weighted by molar-refractivity contribution is 0.650. The molecule has 1 fully saturated rings. The third-order valence-electron chi connectivity index (χ3n) is 2.88. The van der Waals surface area contributed by atoms with E-state index in [1.165, 1.54) is 12.0 Å². The number of nitrogen functional groups attached to an aromatic ring is 1. The van der Waals surface area contributed by atoms with Crippen LogP contribution in [0.5, 0.6) is 0 Å². The number of nitrogens with one attached hydrogen (secondary N) is 1. The van der Waals surface area contributed by atoms with E-state index in [0.717, 1.165) is 30.6 Å². The van der Waals surface area contributed by atoms with E-state index >= 15 is 0 Å². The first kappa shape index (κ1) is 9.53. The number of nitrogens with two attached hydrogens (primary N) is 1. The first-order valence-electron chi connectivity index (χ1n) is 5.33. The van der Waals surface area contributed by atoms with Crippen LogP contribution < -0.4 is 11.1 Å². The summed E-state index contributed by atoms with van der Waals surface area (Å²) in [7, 11) is 0. The Labute approximate surface area is 85.5 Å². The van der Waals surface area contributed by atoms with Crippen LogP contribution in [0.1, 0.15) is 18.9 Å². The molecule has 2 nitrogen and oxygen atoms in total. The first-order valence-corrected chi connectivity index (χ1v) is 5.33. The monoisotopic (exact) mass is 190 g/mol. The van der Waals surface area contributed by atoms with Gasteiger partial charge >= 0.3 is 0 Å². The standard InChI is InChI=1S/C12H18N2/c1-9-7-12(9)14-6-5-10-3-2-4-11(13)8-10/h2-4,8-9,12,14H,5-7,13H2,1H3. The summed E-state index contributed by atoms with van der Waals surface area (Å²) in [5.74, 6) is 0.885. The van der Waals surface area contributed by atoms with Crippen molar-refractivity contribution in [2.45, 2.75) is 25.8 Å². The summed E-state index contributed by atoms with van der Waals surface area (Å²) < 4.78 is 0. The highest BCUT2D eigenvalue weighted by Crippen LogP contribution is 2.28. The molecule has 0 radical (unpaired) electrons. The molecule has 3 N–H and O–H groups in total. The van der Waals surface area contributed by atoms with Gasteiger partial charge in [-0.2, -0.15) is 0 Å². The lowest BCUT2D eigenvalue weighted by atomic mass is 10.1. The molecule has 0 heterocycles. The molecule has 76 valence electrons. The molecule has 0 aromatic heterocycles. The van der Waals surface area contributed by atoms with Gasteiger partial charge in [-0.25, -0.2) is 0 Å². The van der Waals surface area contributed by atoms with E-state index in [2.05, 4.69) is 24.4 Å². The Hall–Kier alpha value is -1.02. The lowest BCUT2D eigenvalue weighted by Gasteiger charge is -2.04. The molecule has 1 aliphatic rings. The van der Waals surface area contributed by atoms with Gasteiger partial charge in [-0.05, 0) is 43.0 Å². The Kier molecular flexibility index (Phi) is 2.73. The second-order valence-electron chi connectivity index (χ2n) is 4.27. The molecule has 0 amide bonds. The second kappa shape index (κ2) is 4.01. The number of hydrogen-bond acceptors (Lipinski definition) is 2. The van der Waals surface area contributed by atoms with Crippen molar-refractivity contribution in [1.29, 1.82) is 0 Å². The maximum absolute atomic E-state index is 5.70. The van der Waals surface area contributed by atoms with Crippen LogP contribution in [0.3, 0.4) is 0 Å². The van der Waals surface area contributed by atoms with Crippen molar-refractivity contribution in [2.75, 3.05) is 12.3 Å². The minimum atomic E-state index is 0.774. The first-order chi connectivity index (χ1) is 6.75. The van der Waals surface area contributed by atoms with Gasteiger partial charge < -0.3 is 11.1 Å². The predicted molar refractivity (Wildman–Crippen MR) is 60.1 cm³/mol. The SMILES string of the molecule is CC1CC1NCCc1cccc(N)c1. The molecule has 0 spiro atoms. The van der Waals surface area contributed by atoms with Gasteiger partial charge in [0.15, 0.2) is 0 Å². The van der Waals surface area contributed by atoms with E-state index in [4.69, 9.17) is 5.73 Å². The molecule has 2 rings (SSSR count). The molecule has 1 saturated carbocycles. The number of benzene rings is 1. The van der Waals surface area contributed by atoms with Gasteiger partial charge in [0.05, 0.1) is 0 Å². The summed E-state index contributed by atoms with van der Waals surface area (Å²) in [6.07, 6.45) is 2.42. The van der Waals surface area contributed by atoms with Crippen LogP contribution in [-0.4, -0.2) is 12.6 Å². The number of rotatable bonds is 4. The van der Waals surface area contributed by atoms with Crippen molar-refractivity contribution >= 4 is 5.69 Å². The number of hydrogen-bond donors (Lipinski definition) is 2. The Balaban J connectivity index is 1.74. The zero-order chi connectivity index (χ0) is 9.97. The van der Waals surface area contributed by atoms with Crippen molar-refractivity contribution in [1.82, 2.24) is 5.32 Å². The molecular weight excluding hydrogens is 172 g/mol. The summed E-state index contributed by atoms with van der Waals surface area (Å²) in [5, 5.41) is 3.53. The highest BCUT2D eigenvalue weighted by molar-refractivity contribution is 5.40. The average Bonchev–Trinajstić information content (AvgIpc) is 2.82. The molecule has 0 aliphatic heterocycles. The fourth-order valence-electron chi connectivity index (χ4n) is 1.76. The van der Waals surface area contributed by atoms with E-state index in [-0.39, 0.29) is 0 Å². The van der Waals surface area contributed by atoms with Crippen LogP contribution in [0, 0.1) is 5.92 Å². The summed E-state index contributed by atoms with van der Waals surface area (Å²) in [6.45, 7) is 3.36. The van der Waals surface area contributed by atoms with E-state index in [0.29, 0.717) is 0 Å². The highest BCUT2D eigenvalue weighted by atomic mass is 15.0. The molecule has 1 aromatic carbocycles. The lowest BCUT2D eigenvalue weighted by Crippen LogP contribution is -2.20. The molecule has 2 unspecified atom stereocenters. The zero-order valence-corrected chi connectivity index (χ0v) is 8.66. The van der Waals surface area contributed by atoms with Crippen molar-refractivity contribution in [2.24, 2.45) is 5.92 Å². The van der Waals surface area contributed by atoms with Crippen molar-refractivity contribution in [3.05, 3.63) is 29.8 Å². The van der Waals surface area contributed by atoms with Gasteiger partial charge in [0.2, 0.25) is 0 Å². The van der Waals surface area contributed by atoms with Gasteiger partial charge in [-0.15, -0.1) is 0 Å². The molecule has 2 heteroatoms. The summed E-state index contributed by atoms with van der Waals surface area (Å²) >= 11 is 0. The molecule has 1 aliphatic carbocycles. The van der Waals surface area contributed by atoms with Crippen LogP contribution in [0.4, 0.5) is 5.69 Å². The summed E-state index contributed by atoms with van der Waals surface area (Å²) in [5.41, 5.74) is 7.89. The summed E-state index contributed by atoms with van der Waals surface area (Å²) in [6, 6.07) is 8.91. The maximum Gasteiger partial charge on any atom is 0.0316 e. The Morgan fingerprint density at radius 3 is 2.93 bits per heavy atom. The van der Waals surface area contributed by atoms with E-state index in [9.17, 15) is 0 Å². The molecule has 2 atom stereocenters. The van der Waals surface area contributed by atoms with Crippen LogP contribution in [0.15, 0.2) is 24.3 Å². The van der Waals surface area contributed by atoms with E-state index < -0.39 is 0 Å². The van der Waals surface area contributed by atoms with Gasteiger partial charge in [0.1, 0.15) is 0 Å². The van der Waals surface area contributed by atoms with Gasteiger partial charge in [0, 0.05) is 11.7 Å². The predicted octanol–water partition coefficient (Wildman–Crippen LogP) is 1.81. The Morgan fingerprint density at radius 1 is 1.50 bits per heavy atom. The quantitative estimate of drug-likeness (QED) is 0.711. The molecule has 0 saturated heterocycles. The normalized spacial score (nSPS) is 24.9. The molecule has 0 bridgehead atoms. The number of anilines is 1. The van der Waals surface area contributed by atoms with Gasteiger partial charge in [-0.1, -0.05) is 19.1 Å². The zero-order valence-electron chi connectivity index (χ0n) is 8.66. The van der Waals surface area contributed by atoms with Crippen molar-refractivity contribution in [3.8, 4) is 0 Å². The van der Waals surface area contributed by atoms with Crippen molar-refractivity contribution < 1.29 is 0 Å². The molecule has 1 aromatic rings. The van der Waals surface area contributed by atoms with E-state index in [1.807, 2.05) is 12.1 Å². The van der Waals surface area contributed by atoms with Crippen LogP contribution >= 0.6 is 0 Å². The smallest absolute Gasteiger partial charge is 0.0316 e. The minimum Gasteiger partial charge on any atom is -0.399 e. The maximum atomic E-state index is 5.70. The minimum absolute atomic E-state index is 0.774. The molecule has 14 heavy (non-hydrogen) atoms. The van der Waals surface area contributed by atoms with E-state index in [1.54, 1.807) is 0 Å². The van der Waals surface area contributed by atoms with Gasteiger partial charge in [0.25, 0.3) is 0 Å².